The van der Waals surface area contributed by atoms with Crippen LogP contribution >= 0.6 is 17.0 Å². The molecule has 0 bridgehead atoms. The number of benzene rings is 3. The van der Waals surface area contributed by atoms with Crippen LogP contribution in [0.2, 0.25) is 0 Å². The highest BCUT2D eigenvalue weighted by Crippen LogP contribution is 2.39. The van der Waals surface area contributed by atoms with Gasteiger partial charge in [0.2, 0.25) is 0 Å². The molecule has 1 unspecified atom stereocenters. The first-order chi connectivity index (χ1) is 12.6. The van der Waals surface area contributed by atoms with Gasteiger partial charge in [-0.1, -0.05) is 78.4 Å². The average molecular weight is 382 g/mol. The van der Waals surface area contributed by atoms with E-state index < -0.39 is 7.92 Å². The summed E-state index contributed by atoms with van der Waals surface area (Å²) in [6.45, 7) is 6.15. The maximum absolute atomic E-state index is 13.5. The van der Waals surface area contributed by atoms with Crippen molar-refractivity contribution in [1.82, 2.24) is 0 Å². The molecule has 2 nitrogen and oxygen atoms in total. The van der Waals surface area contributed by atoms with Crippen LogP contribution in [0.25, 0.3) is 0 Å². The standard InChI is InChI=1S/C22H21OP.H3OP/c1-16-14-17(2)21(18(3)15-16)22(23)24(19-10-6-4-7-11-19)20-12-8-5-9-13-20;1-2/h4-15H,1-3H3;2H3. The number of hydrogen-bond acceptors (Lipinski definition) is 2. The van der Waals surface area contributed by atoms with Crippen LogP contribution in [0, 0.1) is 20.8 Å². The van der Waals surface area contributed by atoms with Crippen LogP contribution in [0.15, 0.2) is 72.8 Å². The number of rotatable bonds is 4. The van der Waals surface area contributed by atoms with E-state index in [1.165, 1.54) is 5.56 Å². The van der Waals surface area contributed by atoms with Crippen LogP contribution in [-0.4, -0.2) is 5.52 Å². The summed E-state index contributed by atoms with van der Waals surface area (Å²) in [5, 5.41) is 2.20. The van der Waals surface area contributed by atoms with Crippen LogP contribution < -0.4 is 10.6 Å². The minimum Gasteiger partial charge on any atom is -0.333 e. The van der Waals surface area contributed by atoms with Crippen molar-refractivity contribution in [2.45, 2.75) is 20.8 Å². The van der Waals surface area contributed by atoms with E-state index in [1.807, 2.05) is 50.2 Å². The summed E-state index contributed by atoms with van der Waals surface area (Å²) in [5.41, 5.74) is 4.44. The van der Waals surface area contributed by atoms with Crippen LogP contribution in [0.1, 0.15) is 27.0 Å². The Kier molecular flexibility index (Phi) is 7.51. The van der Waals surface area contributed by atoms with E-state index in [0.29, 0.717) is 9.12 Å². The summed E-state index contributed by atoms with van der Waals surface area (Å²) < 4.78 is 8.28. The quantitative estimate of drug-likeness (QED) is 0.606. The molecule has 3 aromatic carbocycles. The highest BCUT2D eigenvalue weighted by molar-refractivity contribution is 7.88. The van der Waals surface area contributed by atoms with Gasteiger partial charge in [-0.2, -0.15) is 0 Å². The predicted octanol–water partition coefficient (Wildman–Crippen LogP) is 4.82. The summed E-state index contributed by atoms with van der Waals surface area (Å²) in [4.78, 5) is 13.5. The van der Waals surface area contributed by atoms with Crippen molar-refractivity contribution in [3.8, 4) is 0 Å². The molecule has 0 N–H and O–H groups in total. The van der Waals surface area contributed by atoms with Gasteiger partial charge in [-0.3, -0.25) is 4.79 Å². The zero-order valence-electron chi connectivity index (χ0n) is 15.4. The molecule has 0 aliphatic heterocycles. The van der Waals surface area contributed by atoms with E-state index in [-0.39, 0.29) is 5.52 Å². The van der Waals surface area contributed by atoms with Crippen LogP contribution in [0.5, 0.6) is 0 Å². The normalized spacial score (nSPS) is 10.3. The monoisotopic (exact) mass is 382 g/mol. The molecule has 1 atom stereocenters. The Labute approximate surface area is 158 Å². The van der Waals surface area contributed by atoms with Gasteiger partial charge in [-0.15, -0.1) is 0 Å². The van der Waals surface area contributed by atoms with Gasteiger partial charge in [0, 0.05) is 13.5 Å². The highest BCUT2D eigenvalue weighted by Gasteiger charge is 2.26. The fourth-order valence-electron chi connectivity index (χ4n) is 3.17. The van der Waals surface area contributed by atoms with E-state index >= 15 is 0 Å². The number of hydrogen-bond donors (Lipinski definition) is 0. The van der Waals surface area contributed by atoms with Gasteiger partial charge in [0.05, 0.1) is 9.12 Å². The molecule has 0 aliphatic carbocycles. The molecule has 3 rings (SSSR count). The second kappa shape index (κ2) is 9.62. The molecule has 0 fully saturated rings. The minimum atomic E-state index is -1.07. The zero-order chi connectivity index (χ0) is 19.1. The summed E-state index contributed by atoms with van der Waals surface area (Å²) in [5.74, 6) is 0. The second-order valence-corrected chi connectivity index (χ2v) is 8.20. The molecule has 0 aromatic heterocycles. The molecule has 0 saturated heterocycles. The Morgan fingerprint density at radius 3 is 1.50 bits per heavy atom. The molecule has 0 saturated carbocycles. The lowest BCUT2D eigenvalue weighted by Crippen LogP contribution is -2.19. The molecule has 0 aliphatic rings. The van der Waals surface area contributed by atoms with Gasteiger partial charge in [0.25, 0.3) is 0 Å². The van der Waals surface area contributed by atoms with Crippen molar-refractivity contribution in [3.63, 3.8) is 0 Å². The third kappa shape index (κ3) is 4.58. The van der Waals surface area contributed by atoms with E-state index in [0.717, 1.165) is 27.3 Å². The second-order valence-electron chi connectivity index (χ2n) is 6.09. The third-order valence-corrected chi connectivity index (χ3v) is 6.38. The van der Waals surface area contributed by atoms with Crippen molar-refractivity contribution < 1.29 is 9.36 Å². The maximum atomic E-state index is 13.5. The predicted molar refractivity (Wildman–Crippen MR) is 116 cm³/mol. The van der Waals surface area contributed by atoms with Gasteiger partial charge in [-0.05, 0) is 42.5 Å². The highest BCUT2D eigenvalue weighted by atomic mass is 31.1. The number of carbonyl (C=O) groups is 1. The first-order valence-electron chi connectivity index (χ1n) is 8.39. The van der Waals surface area contributed by atoms with Gasteiger partial charge in [0.15, 0.2) is 5.52 Å². The molecule has 26 heavy (non-hydrogen) atoms. The summed E-state index contributed by atoms with van der Waals surface area (Å²) in [6.07, 6.45) is 0. The van der Waals surface area contributed by atoms with Crippen molar-refractivity contribution in [2.24, 2.45) is 0 Å². The molecular weight excluding hydrogens is 358 g/mol. The van der Waals surface area contributed by atoms with Crippen molar-refractivity contribution in [2.75, 3.05) is 0 Å². The molecule has 0 radical (unpaired) electrons. The average Bonchev–Trinajstić information content (AvgIpc) is 2.64. The number of aryl methyl sites for hydroxylation is 3. The fraction of sp³-hybridized carbons (Fsp3) is 0.136. The van der Waals surface area contributed by atoms with E-state index in [9.17, 15) is 4.79 Å². The maximum Gasteiger partial charge on any atom is 0.193 e. The van der Waals surface area contributed by atoms with Crippen molar-refractivity contribution in [1.29, 1.82) is 0 Å². The van der Waals surface area contributed by atoms with E-state index in [1.54, 1.807) is 0 Å². The first-order valence-corrected chi connectivity index (χ1v) is 10.3. The lowest BCUT2D eigenvalue weighted by atomic mass is 10.0. The summed E-state index contributed by atoms with van der Waals surface area (Å²) in [7, 11) is -0.458. The molecule has 0 spiro atoms. The van der Waals surface area contributed by atoms with Gasteiger partial charge in [0.1, 0.15) is 0 Å². The molecule has 134 valence electrons. The van der Waals surface area contributed by atoms with Gasteiger partial charge >= 0.3 is 0 Å². The first kappa shape index (κ1) is 20.3. The molecule has 0 amide bonds. The number of carbonyl (C=O) groups excluding carboxylic acids is 1. The van der Waals surface area contributed by atoms with E-state index in [2.05, 4.69) is 43.3 Å². The van der Waals surface area contributed by atoms with Crippen LogP contribution in [0.4, 0.5) is 0 Å². The van der Waals surface area contributed by atoms with Gasteiger partial charge < -0.3 is 4.57 Å². The van der Waals surface area contributed by atoms with Crippen LogP contribution in [-0.2, 0) is 4.57 Å². The van der Waals surface area contributed by atoms with Crippen molar-refractivity contribution in [3.05, 3.63) is 95.1 Å². The third-order valence-electron chi connectivity index (χ3n) is 4.12. The zero-order valence-corrected chi connectivity index (χ0v) is 17.7. The Hall–Kier alpha value is -2.01. The molecule has 3 aromatic rings. The Bertz CT molecular complexity index is 815. The van der Waals surface area contributed by atoms with Gasteiger partial charge in [-0.25, -0.2) is 0 Å². The lowest BCUT2D eigenvalue weighted by molar-refractivity contribution is 0.108. The summed E-state index contributed by atoms with van der Waals surface area (Å²) in [6, 6.07) is 24.5. The van der Waals surface area contributed by atoms with E-state index in [4.69, 9.17) is 4.57 Å². The fourth-order valence-corrected chi connectivity index (χ4v) is 5.45. The Morgan fingerprint density at radius 1 is 0.731 bits per heavy atom. The molecule has 0 heterocycles. The van der Waals surface area contributed by atoms with Crippen molar-refractivity contribution >= 4 is 33.2 Å². The Morgan fingerprint density at radius 2 is 1.12 bits per heavy atom. The topological polar surface area (TPSA) is 34.1 Å². The largest absolute Gasteiger partial charge is 0.333 e. The SMILES string of the molecule is Cc1cc(C)c(C(=O)P(c2ccccc2)c2ccccc2)c(C)c1.O=[PH3]. The lowest BCUT2D eigenvalue weighted by Gasteiger charge is -2.20. The van der Waals surface area contributed by atoms with Crippen LogP contribution in [0.3, 0.4) is 0 Å². The molecular formula is C22H24O2P2. The smallest absolute Gasteiger partial charge is 0.193 e. The minimum absolute atomic E-state index is 0.234. The summed E-state index contributed by atoms with van der Waals surface area (Å²) >= 11 is 0. The molecule has 4 heteroatoms. The Balaban J connectivity index is 0.00000117.